The Morgan fingerprint density at radius 1 is 1.45 bits per heavy atom. The number of para-hydroxylation sites is 1. The Hall–Kier alpha value is -2.15. The first-order chi connectivity index (χ1) is 10.2. The fraction of sp³-hybridized carbons (Fsp3) is 0.533. The number of nitro groups is 1. The third kappa shape index (κ3) is 3.36. The molecule has 0 radical (unpaired) electrons. The van der Waals surface area contributed by atoms with E-state index >= 15 is 0 Å². The van der Waals surface area contributed by atoms with Crippen LogP contribution in [0.25, 0.3) is 0 Å². The second kappa shape index (κ2) is 5.92. The predicted molar refractivity (Wildman–Crippen MR) is 82.8 cm³/mol. The first kappa shape index (κ1) is 16.2. The zero-order valence-corrected chi connectivity index (χ0v) is 13.0. The first-order valence-electron chi connectivity index (χ1n) is 7.23. The number of carbonyl (C=O) groups is 1. The van der Waals surface area contributed by atoms with Crippen LogP contribution in [0.1, 0.15) is 44.0 Å². The van der Waals surface area contributed by atoms with Crippen molar-refractivity contribution in [2.75, 3.05) is 11.4 Å². The molecular weight excluding hydrogens is 286 g/mol. The normalized spacial score (nSPS) is 18.4. The van der Waals surface area contributed by atoms with Crippen LogP contribution in [0.2, 0.25) is 0 Å². The lowest BCUT2D eigenvalue weighted by molar-refractivity contribution is -0.384. The average Bonchev–Trinajstić information content (AvgIpc) is 2.81. The van der Waals surface area contributed by atoms with Gasteiger partial charge in [-0.25, -0.2) is 4.79 Å². The summed E-state index contributed by atoms with van der Waals surface area (Å²) < 4.78 is 5.36. The number of hydrogen-bond acceptors (Lipinski definition) is 6. The molecule has 0 spiro atoms. The Morgan fingerprint density at radius 3 is 2.64 bits per heavy atom. The van der Waals surface area contributed by atoms with Gasteiger partial charge >= 0.3 is 5.97 Å². The van der Waals surface area contributed by atoms with Gasteiger partial charge in [0.15, 0.2) is 0 Å². The molecule has 0 bridgehead atoms. The predicted octanol–water partition coefficient (Wildman–Crippen LogP) is 2.44. The van der Waals surface area contributed by atoms with E-state index in [1.807, 2.05) is 0 Å². The lowest BCUT2D eigenvalue weighted by Crippen LogP contribution is -2.38. The summed E-state index contributed by atoms with van der Waals surface area (Å²) in [4.78, 5) is 25.0. The van der Waals surface area contributed by atoms with E-state index in [9.17, 15) is 14.9 Å². The molecule has 22 heavy (non-hydrogen) atoms. The van der Waals surface area contributed by atoms with Crippen LogP contribution in [-0.2, 0) is 4.74 Å². The van der Waals surface area contributed by atoms with Gasteiger partial charge in [-0.1, -0.05) is 6.07 Å². The molecule has 1 fully saturated rings. The summed E-state index contributed by atoms with van der Waals surface area (Å²) in [6, 6.07) is 4.41. The van der Waals surface area contributed by atoms with Gasteiger partial charge < -0.3 is 15.4 Å². The molecule has 1 heterocycles. The highest BCUT2D eigenvalue weighted by Gasteiger charge is 2.33. The first-order valence-corrected chi connectivity index (χ1v) is 7.23. The van der Waals surface area contributed by atoms with Crippen LogP contribution in [0.15, 0.2) is 18.2 Å². The molecule has 2 N–H and O–H groups in total. The largest absolute Gasteiger partial charge is 0.456 e. The van der Waals surface area contributed by atoms with Gasteiger partial charge in [0.25, 0.3) is 5.69 Å². The van der Waals surface area contributed by atoms with E-state index in [4.69, 9.17) is 10.5 Å². The molecule has 7 heteroatoms. The van der Waals surface area contributed by atoms with Crippen LogP contribution >= 0.6 is 0 Å². The maximum Gasteiger partial charge on any atom is 0.341 e. The number of ether oxygens (including phenoxy) is 1. The van der Waals surface area contributed by atoms with Gasteiger partial charge in [0.1, 0.15) is 11.3 Å². The third-order valence-electron chi connectivity index (χ3n) is 3.42. The molecule has 0 aromatic heterocycles. The highest BCUT2D eigenvalue weighted by Crippen LogP contribution is 2.36. The Labute approximate surface area is 129 Å². The molecule has 120 valence electrons. The topological polar surface area (TPSA) is 98.7 Å². The molecule has 1 unspecified atom stereocenters. The maximum atomic E-state index is 12.4. The molecule has 0 amide bonds. The molecule has 1 aliphatic heterocycles. The second-order valence-corrected chi connectivity index (χ2v) is 6.34. The van der Waals surface area contributed by atoms with Crippen molar-refractivity contribution in [1.29, 1.82) is 0 Å². The van der Waals surface area contributed by atoms with E-state index in [1.54, 1.807) is 31.7 Å². The van der Waals surface area contributed by atoms with Crippen molar-refractivity contribution < 1.29 is 14.5 Å². The molecule has 0 saturated carbocycles. The Kier molecular flexibility index (Phi) is 4.37. The summed E-state index contributed by atoms with van der Waals surface area (Å²) >= 11 is 0. The molecule has 7 nitrogen and oxygen atoms in total. The molecule has 2 rings (SSSR count). The number of nitrogens with two attached hydrogens (primary N) is 1. The smallest absolute Gasteiger partial charge is 0.341 e. The number of nitrogens with zero attached hydrogens (tertiary/aromatic N) is 2. The second-order valence-electron chi connectivity index (χ2n) is 6.34. The van der Waals surface area contributed by atoms with Gasteiger partial charge in [0.2, 0.25) is 0 Å². The standard InChI is InChI=1S/C15H21N3O4/c1-15(2,3)22-14(19)10-6-4-7-11(18(20)21)13(10)17-9-5-8-12(17)16/h4,6-7,12H,5,8-9,16H2,1-3H3. The minimum Gasteiger partial charge on any atom is -0.456 e. The Morgan fingerprint density at radius 2 is 2.14 bits per heavy atom. The van der Waals surface area contributed by atoms with E-state index in [-0.39, 0.29) is 23.1 Å². The van der Waals surface area contributed by atoms with Crippen LogP contribution in [0, 0.1) is 10.1 Å². The minimum atomic E-state index is -0.675. The molecule has 1 aromatic carbocycles. The van der Waals surface area contributed by atoms with E-state index in [1.165, 1.54) is 12.1 Å². The maximum absolute atomic E-state index is 12.4. The van der Waals surface area contributed by atoms with E-state index < -0.39 is 16.5 Å². The molecule has 1 atom stereocenters. The fourth-order valence-corrected chi connectivity index (χ4v) is 2.55. The summed E-state index contributed by atoms with van der Waals surface area (Å²) in [5.41, 5.74) is 5.67. The van der Waals surface area contributed by atoms with Crippen LogP contribution in [0.4, 0.5) is 11.4 Å². The highest BCUT2D eigenvalue weighted by atomic mass is 16.6. The molecule has 1 aromatic rings. The lowest BCUT2D eigenvalue weighted by Gasteiger charge is -2.26. The van der Waals surface area contributed by atoms with E-state index in [2.05, 4.69) is 0 Å². The summed E-state index contributed by atoms with van der Waals surface area (Å²) in [7, 11) is 0. The van der Waals surface area contributed by atoms with Crippen LogP contribution in [0.5, 0.6) is 0 Å². The van der Waals surface area contributed by atoms with Crippen molar-refractivity contribution in [2.45, 2.75) is 45.4 Å². The summed E-state index contributed by atoms with van der Waals surface area (Å²) in [6.45, 7) is 5.85. The van der Waals surface area contributed by atoms with Gasteiger partial charge in [0, 0.05) is 12.6 Å². The Bertz CT molecular complexity index is 595. The van der Waals surface area contributed by atoms with Crippen molar-refractivity contribution in [3.8, 4) is 0 Å². The monoisotopic (exact) mass is 307 g/mol. The molecular formula is C15H21N3O4. The van der Waals surface area contributed by atoms with Crippen LogP contribution in [0.3, 0.4) is 0 Å². The number of benzene rings is 1. The van der Waals surface area contributed by atoms with Gasteiger partial charge in [-0.05, 0) is 39.7 Å². The minimum absolute atomic E-state index is 0.124. The van der Waals surface area contributed by atoms with Crippen molar-refractivity contribution in [1.82, 2.24) is 0 Å². The number of hydrogen-bond donors (Lipinski definition) is 1. The molecule has 1 aliphatic rings. The lowest BCUT2D eigenvalue weighted by atomic mass is 10.1. The number of rotatable bonds is 3. The van der Waals surface area contributed by atoms with Gasteiger partial charge in [-0.2, -0.15) is 0 Å². The average molecular weight is 307 g/mol. The number of nitro benzene ring substituents is 1. The summed E-state index contributed by atoms with van der Waals surface area (Å²) in [5, 5.41) is 11.3. The SMILES string of the molecule is CC(C)(C)OC(=O)c1cccc([N+](=O)[O-])c1N1CCCC1N. The van der Waals surface area contributed by atoms with Gasteiger partial charge in [-0.15, -0.1) is 0 Å². The third-order valence-corrected chi connectivity index (χ3v) is 3.42. The zero-order chi connectivity index (χ0) is 16.5. The number of anilines is 1. The molecule has 1 saturated heterocycles. The van der Waals surface area contributed by atoms with Gasteiger partial charge in [0.05, 0.1) is 16.7 Å². The van der Waals surface area contributed by atoms with E-state index in [0.717, 1.165) is 12.8 Å². The van der Waals surface area contributed by atoms with Crippen molar-refractivity contribution in [3.63, 3.8) is 0 Å². The van der Waals surface area contributed by atoms with E-state index in [0.29, 0.717) is 6.54 Å². The summed E-state index contributed by atoms with van der Waals surface area (Å²) in [6.07, 6.45) is 1.24. The highest BCUT2D eigenvalue weighted by molar-refractivity contribution is 5.98. The number of carbonyl (C=O) groups excluding carboxylic acids is 1. The number of esters is 1. The van der Waals surface area contributed by atoms with Crippen LogP contribution < -0.4 is 10.6 Å². The van der Waals surface area contributed by atoms with Crippen molar-refractivity contribution in [3.05, 3.63) is 33.9 Å². The van der Waals surface area contributed by atoms with Gasteiger partial charge in [-0.3, -0.25) is 10.1 Å². The van der Waals surface area contributed by atoms with Crippen molar-refractivity contribution >= 4 is 17.3 Å². The quantitative estimate of drug-likeness (QED) is 0.523. The van der Waals surface area contributed by atoms with Crippen molar-refractivity contribution in [2.24, 2.45) is 5.73 Å². The zero-order valence-electron chi connectivity index (χ0n) is 13.0. The summed E-state index contributed by atoms with van der Waals surface area (Å²) in [5.74, 6) is -0.578. The van der Waals surface area contributed by atoms with Crippen LogP contribution in [-0.4, -0.2) is 29.2 Å². The Balaban J connectivity index is 2.51. The fourth-order valence-electron chi connectivity index (χ4n) is 2.55. The molecule has 0 aliphatic carbocycles.